The monoisotopic (exact) mass is 428 g/mol. The molecule has 0 saturated heterocycles. The van der Waals surface area contributed by atoms with Crippen LogP contribution in [0.3, 0.4) is 0 Å². The van der Waals surface area contributed by atoms with E-state index >= 15 is 0 Å². The quantitative estimate of drug-likeness (QED) is 0.348. The second-order valence-corrected chi connectivity index (χ2v) is 8.70. The summed E-state index contributed by atoms with van der Waals surface area (Å²) in [6.45, 7) is 2.05. The van der Waals surface area contributed by atoms with Crippen LogP contribution in [-0.4, -0.2) is 36.9 Å². The highest BCUT2D eigenvalue weighted by Crippen LogP contribution is 2.32. The van der Waals surface area contributed by atoms with Crippen molar-refractivity contribution in [2.24, 2.45) is 0 Å². The molecule has 0 N–H and O–H groups in total. The van der Waals surface area contributed by atoms with E-state index in [1.165, 1.54) is 21.8 Å². The molecule has 5 rings (SSSR count). The molecule has 0 amide bonds. The molecule has 0 fully saturated rings. The summed E-state index contributed by atoms with van der Waals surface area (Å²) in [5, 5.41) is 4.88. The van der Waals surface area contributed by atoms with Gasteiger partial charge >= 0.3 is 0 Å². The molecule has 0 radical (unpaired) electrons. The van der Waals surface area contributed by atoms with Crippen LogP contribution in [0.5, 0.6) is 0 Å². The third-order valence-electron chi connectivity index (χ3n) is 5.54. The summed E-state index contributed by atoms with van der Waals surface area (Å²) in [5.41, 5.74) is 4.39. The number of aromatic nitrogens is 4. The number of benzene rings is 2. The predicted octanol–water partition coefficient (Wildman–Crippen LogP) is 4.32. The second kappa shape index (κ2) is 8.07. The summed E-state index contributed by atoms with van der Waals surface area (Å²) >= 11 is 1.27. The molecular weight excluding hydrogens is 408 g/mol. The fourth-order valence-corrected chi connectivity index (χ4v) is 4.56. The molecule has 2 aromatic carbocycles. The van der Waals surface area contributed by atoms with Gasteiger partial charge < -0.3 is 0 Å². The molecule has 0 unspecified atom stereocenters. The summed E-state index contributed by atoms with van der Waals surface area (Å²) in [7, 11) is 0. The first kappa shape index (κ1) is 19.6. The number of rotatable bonds is 5. The Morgan fingerprint density at radius 3 is 2.61 bits per heavy atom. The van der Waals surface area contributed by atoms with Crippen LogP contribution in [0.2, 0.25) is 0 Å². The first-order chi connectivity index (χ1) is 15.1. The molecular formula is C24H20N4O2S. The summed E-state index contributed by atoms with van der Waals surface area (Å²) in [4.78, 5) is 34.2. The van der Waals surface area contributed by atoms with E-state index in [4.69, 9.17) is 0 Å². The molecule has 1 atom stereocenters. The van der Waals surface area contributed by atoms with E-state index in [2.05, 4.69) is 46.3 Å². The normalized spacial score (nSPS) is 15.8. The van der Waals surface area contributed by atoms with E-state index in [9.17, 15) is 9.59 Å². The number of aryl methyl sites for hydroxylation is 1. The van der Waals surface area contributed by atoms with Gasteiger partial charge in [-0.05, 0) is 24.8 Å². The van der Waals surface area contributed by atoms with Gasteiger partial charge in [0.15, 0.2) is 11.6 Å². The van der Waals surface area contributed by atoms with Gasteiger partial charge in [0.25, 0.3) is 5.78 Å². The SMILES string of the molecule is Cc1ccc([C@@H]2CC(=O)c3cn4nc(SCC(=O)c5ccccc5)nc4nc3C2)cc1. The first-order valence-corrected chi connectivity index (χ1v) is 11.1. The Morgan fingerprint density at radius 1 is 1.06 bits per heavy atom. The summed E-state index contributed by atoms with van der Waals surface area (Å²) in [5.74, 6) is 0.911. The molecule has 0 bridgehead atoms. The standard InChI is InChI=1S/C24H20N4O2S/c1-15-7-9-16(10-8-15)18-11-20-19(21(29)12-18)13-28-23(25-20)26-24(27-28)31-14-22(30)17-5-3-2-4-6-17/h2-10,13,18H,11-12,14H2,1H3/t18-/m0/s1. The molecule has 6 nitrogen and oxygen atoms in total. The highest BCUT2D eigenvalue weighted by molar-refractivity contribution is 7.99. The van der Waals surface area contributed by atoms with Gasteiger partial charge in [0.1, 0.15) is 0 Å². The third-order valence-corrected chi connectivity index (χ3v) is 6.38. The first-order valence-electron chi connectivity index (χ1n) is 10.1. The van der Waals surface area contributed by atoms with Crippen LogP contribution in [0.1, 0.15) is 49.9 Å². The van der Waals surface area contributed by atoms with Gasteiger partial charge in [-0.2, -0.15) is 4.98 Å². The van der Waals surface area contributed by atoms with E-state index in [1.807, 2.05) is 18.2 Å². The molecule has 0 spiro atoms. The second-order valence-electron chi connectivity index (χ2n) is 7.76. The zero-order chi connectivity index (χ0) is 21.4. The minimum atomic E-state index is 0.0211. The summed E-state index contributed by atoms with van der Waals surface area (Å²) in [6, 6.07) is 17.5. The van der Waals surface area contributed by atoms with Crippen molar-refractivity contribution in [3.63, 3.8) is 0 Å². The van der Waals surface area contributed by atoms with Crippen LogP contribution in [0.4, 0.5) is 0 Å². The Hall–Kier alpha value is -3.32. The largest absolute Gasteiger partial charge is 0.294 e. The number of hydrogen-bond donors (Lipinski definition) is 0. The molecule has 0 saturated carbocycles. The van der Waals surface area contributed by atoms with Crippen molar-refractivity contribution in [3.05, 3.63) is 88.7 Å². The number of thioether (sulfide) groups is 1. The zero-order valence-corrected chi connectivity index (χ0v) is 17.8. The minimum absolute atomic E-state index is 0.0211. The highest BCUT2D eigenvalue weighted by atomic mass is 32.2. The Labute approximate surface area is 183 Å². The lowest BCUT2D eigenvalue weighted by Gasteiger charge is -2.23. The van der Waals surface area contributed by atoms with Gasteiger partial charge in [0, 0.05) is 18.2 Å². The van der Waals surface area contributed by atoms with Crippen LogP contribution >= 0.6 is 11.8 Å². The van der Waals surface area contributed by atoms with Crippen LogP contribution in [0.25, 0.3) is 5.78 Å². The number of hydrogen-bond acceptors (Lipinski definition) is 6. The van der Waals surface area contributed by atoms with Crippen molar-refractivity contribution < 1.29 is 9.59 Å². The molecule has 154 valence electrons. The highest BCUT2D eigenvalue weighted by Gasteiger charge is 2.28. The molecule has 2 aromatic heterocycles. The summed E-state index contributed by atoms with van der Waals surface area (Å²) < 4.78 is 1.54. The fraction of sp³-hybridized carbons (Fsp3) is 0.208. The maximum Gasteiger partial charge on any atom is 0.253 e. The van der Waals surface area contributed by atoms with Crippen molar-refractivity contribution in [2.45, 2.75) is 30.8 Å². The van der Waals surface area contributed by atoms with Crippen LogP contribution in [-0.2, 0) is 6.42 Å². The Bertz CT molecular complexity index is 1280. The van der Waals surface area contributed by atoms with Gasteiger partial charge in [-0.25, -0.2) is 9.50 Å². The van der Waals surface area contributed by atoms with Crippen molar-refractivity contribution >= 4 is 29.1 Å². The molecule has 4 aromatic rings. The van der Waals surface area contributed by atoms with Gasteiger partial charge in [0.05, 0.1) is 17.0 Å². The lowest BCUT2D eigenvalue weighted by Crippen LogP contribution is -2.21. The Balaban J connectivity index is 1.37. The topological polar surface area (TPSA) is 77.2 Å². The van der Waals surface area contributed by atoms with Crippen LogP contribution in [0.15, 0.2) is 66.0 Å². The van der Waals surface area contributed by atoms with Gasteiger partial charge in [-0.1, -0.05) is 71.9 Å². The number of fused-ring (bicyclic) bond motifs is 2. The number of Topliss-reactive ketones (excluding diaryl/α,β-unsaturated/α-hetero) is 2. The lowest BCUT2D eigenvalue weighted by molar-refractivity contribution is 0.0961. The van der Waals surface area contributed by atoms with E-state index in [1.54, 1.807) is 18.3 Å². The van der Waals surface area contributed by atoms with Crippen molar-refractivity contribution in [3.8, 4) is 0 Å². The predicted molar refractivity (Wildman–Crippen MR) is 119 cm³/mol. The maximum atomic E-state index is 12.8. The summed E-state index contributed by atoms with van der Waals surface area (Å²) in [6.07, 6.45) is 2.88. The third kappa shape index (κ3) is 4.01. The Morgan fingerprint density at radius 2 is 1.84 bits per heavy atom. The van der Waals surface area contributed by atoms with E-state index in [0.717, 1.165) is 11.3 Å². The average Bonchev–Trinajstić information content (AvgIpc) is 3.19. The molecule has 1 aliphatic carbocycles. The Kier molecular flexibility index (Phi) is 5.11. The number of carbonyl (C=O) groups excluding carboxylic acids is 2. The van der Waals surface area contributed by atoms with Gasteiger partial charge in [0.2, 0.25) is 5.16 Å². The average molecular weight is 429 g/mol. The maximum absolute atomic E-state index is 12.8. The molecule has 1 aliphatic rings. The van der Waals surface area contributed by atoms with Crippen molar-refractivity contribution in [1.29, 1.82) is 0 Å². The number of nitrogens with zero attached hydrogens (tertiary/aromatic N) is 4. The van der Waals surface area contributed by atoms with E-state index < -0.39 is 0 Å². The molecule has 0 aliphatic heterocycles. The van der Waals surface area contributed by atoms with Crippen molar-refractivity contribution in [2.75, 3.05) is 5.75 Å². The molecule has 31 heavy (non-hydrogen) atoms. The molecule has 7 heteroatoms. The van der Waals surface area contributed by atoms with Crippen LogP contribution in [0, 0.1) is 6.92 Å². The fourth-order valence-electron chi connectivity index (χ4n) is 3.84. The van der Waals surface area contributed by atoms with E-state index in [-0.39, 0.29) is 23.2 Å². The van der Waals surface area contributed by atoms with Crippen molar-refractivity contribution in [1.82, 2.24) is 19.6 Å². The van der Waals surface area contributed by atoms with Gasteiger partial charge in [-0.15, -0.1) is 5.10 Å². The van der Waals surface area contributed by atoms with E-state index in [0.29, 0.717) is 34.9 Å². The molecule has 2 heterocycles. The minimum Gasteiger partial charge on any atom is -0.294 e. The lowest BCUT2D eigenvalue weighted by atomic mass is 9.82. The van der Waals surface area contributed by atoms with Crippen LogP contribution < -0.4 is 0 Å². The smallest absolute Gasteiger partial charge is 0.253 e. The van der Waals surface area contributed by atoms with Gasteiger partial charge in [-0.3, -0.25) is 9.59 Å². The zero-order valence-electron chi connectivity index (χ0n) is 17.0. The number of ketones is 2. The number of carbonyl (C=O) groups is 2.